The quantitative estimate of drug-likeness (QED) is 0.100. The van der Waals surface area contributed by atoms with Crippen LogP contribution in [0, 0.1) is 36.6 Å². The van der Waals surface area contributed by atoms with Gasteiger partial charge in [0.05, 0.1) is 0 Å². The summed E-state index contributed by atoms with van der Waals surface area (Å²) in [5.41, 5.74) is 3.28. The van der Waals surface area contributed by atoms with Crippen molar-refractivity contribution in [2.24, 2.45) is 10.8 Å². The molecule has 1 N–H and O–H groups in total. The van der Waals surface area contributed by atoms with Crippen LogP contribution in [0.3, 0.4) is 0 Å². The third-order valence-electron chi connectivity index (χ3n) is 5.90. The van der Waals surface area contributed by atoms with Gasteiger partial charge in [-0.15, -0.1) is 34.9 Å². The van der Waals surface area contributed by atoms with Gasteiger partial charge in [-0.05, 0) is 34.0 Å². The van der Waals surface area contributed by atoms with E-state index in [1.807, 2.05) is 78.8 Å². The molecule has 5 heteroatoms. The number of aromatic nitrogens is 1. The summed E-state index contributed by atoms with van der Waals surface area (Å²) in [7, 11) is 0. The van der Waals surface area contributed by atoms with Crippen LogP contribution in [0.25, 0.3) is 32.8 Å². The first-order chi connectivity index (χ1) is 16.7. The number of nitrogens with zero attached hydrogens (tertiary/aromatic N) is 1. The number of fused-ring (bicyclic) bond motifs is 3. The smallest absolute Gasteiger partial charge is 0.164 e. The third-order valence-corrected chi connectivity index (χ3v) is 5.90. The largest absolute Gasteiger partial charge is 0.512 e. The maximum absolute atomic E-state index is 14.4. The van der Waals surface area contributed by atoms with Gasteiger partial charge in [-0.25, -0.2) is 4.39 Å². The van der Waals surface area contributed by atoms with Crippen LogP contribution in [0.15, 0.2) is 66.6 Å². The average Bonchev–Trinajstić information content (AvgIpc) is 2.77. The summed E-state index contributed by atoms with van der Waals surface area (Å²) < 4.78 is 14.4. The molecule has 0 fully saturated rings. The summed E-state index contributed by atoms with van der Waals surface area (Å²) in [5, 5.41) is 12.9. The molecule has 1 radical (unpaired) electrons. The van der Waals surface area contributed by atoms with Crippen molar-refractivity contribution in [1.29, 1.82) is 0 Å². The number of rotatable bonds is 2. The molecular formula is C32H35FIrNO2-. The number of hydrogen-bond donors (Lipinski definition) is 1. The van der Waals surface area contributed by atoms with Crippen LogP contribution in [0.2, 0.25) is 0 Å². The normalized spacial score (nSPS) is 12.1. The second-order valence-corrected chi connectivity index (χ2v) is 11.3. The van der Waals surface area contributed by atoms with Crippen molar-refractivity contribution in [2.45, 2.75) is 55.4 Å². The Bertz CT molecular complexity index is 1440. The minimum absolute atomic E-state index is 0. The molecule has 0 bridgehead atoms. The fourth-order valence-electron chi connectivity index (χ4n) is 3.79. The zero-order valence-corrected chi connectivity index (χ0v) is 25.2. The van der Waals surface area contributed by atoms with E-state index in [-0.39, 0.29) is 42.9 Å². The molecule has 0 aliphatic rings. The number of aryl methyl sites for hydroxylation is 2. The molecule has 0 saturated carbocycles. The first-order valence-electron chi connectivity index (χ1n) is 12.1. The van der Waals surface area contributed by atoms with Gasteiger partial charge in [0.25, 0.3) is 0 Å². The molecule has 0 amide bonds. The Morgan fingerprint density at radius 3 is 2.14 bits per heavy atom. The summed E-state index contributed by atoms with van der Waals surface area (Å²) in [5.74, 6) is -0.0954. The minimum Gasteiger partial charge on any atom is -0.512 e. The van der Waals surface area contributed by atoms with E-state index in [4.69, 9.17) is 0 Å². The number of ketones is 1. The summed E-state index contributed by atoms with van der Waals surface area (Å²) in [6.45, 7) is 15.2. The van der Waals surface area contributed by atoms with Crippen molar-refractivity contribution in [2.75, 3.05) is 0 Å². The molecule has 0 spiro atoms. The SMILES string of the molecule is CC(C)(C)C(=O)/C=C(\O)C(C)(C)C.Cc1[c-]c(-c2nccc3cc(F)c4ccccc4c23)cc(C)c1.[Ir]. The second-order valence-electron chi connectivity index (χ2n) is 11.3. The molecule has 4 rings (SSSR count). The van der Waals surface area contributed by atoms with Crippen LogP contribution in [0.4, 0.5) is 4.39 Å². The Morgan fingerprint density at radius 2 is 1.57 bits per heavy atom. The topological polar surface area (TPSA) is 50.2 Å². The number of halogens is 1. The van der Waals surface area contributed by atoms with Crippen LogP contribution in [-0.2, 0) is 24.9 Å². The fourth-order valence-corrected chi connectivity index (χ4v) is 3.79. The minimum atomic E-state index is -0.417. The number of pyridine rings is 1. The molecular weight excluding hydrogens is 642 g/mol. The van der Waals surface area contributed by atoms with E-state index in [0.29, 0.717) is 5.39 Å². The molecule has 37 heavy (non-hydrogen) atoms. The first kappa shape index (κ1) is 30.3. The number of aliphatic hydroxyl groups is 1. The van der Waals surface area contributed by atoms with Crippen LogP contribution in [-0.4, -0.2) is 15.9 Å². The van der Waals surface area contributed by atoms with Crippen molar-refractivity contribution in [1.82, 2.24) is 4.98 Å². The van der Waals surface area contributed by atoms with Gasteiger partial charge in [0.1, 0.15) is 11.6 Å². The summed E-state index contributed by atoms with van der Waals surface area (Å²) in [6.07, 6.45) is 3.07. The number of hydrogen-bond acceptors (Lipinski definition) is 3. The van der Waals surface area contributed by atoms with Crippen molar-refractivity contribution < 1.29 is 34.4 Å². The fraction of sp³-hybridized carbons (Fsp3) is 0.312. The summed E-state index contributed by atoms with van der Waals surface area (Å²) in [4.78, 5) is 16.1. The Balaban J connectivity index is 0.000000299. The van der Waals surface area contributed by atoms with E-state index >= 15 is 0 Å². The number of benzene rings is 3. The van der Waals surface area contributed by atoms with Gasteiger partial charge >= 0.3 is 0 Å². The summed E-state index contributed by atoms with van der Waals surface area (Å²) in [6, 6.07) is 18.5. The second kappa shape index (κ2) is 11.7. The van der Waals surface area contributed by atoms with Gasteiger partial charge < -0.3 is 10.1 Å². The summed E-state index contributed by atoms with van der Waals surface area (Å²) >= 11 is 0. The Hall–Kier alpha value is -2.88. The molecule has 3 aromatic carbocycles. The van der Waals surface area contributed by atoms with Gasteiger partial charge in [0.2, 0.25) is 0 Å². The third kappa shape index (κ3) is 7.34. The maximum atomic E-state index is 14.4. The first-order valence-corrected chi connectivity index (χ1v) is 12.1. The van der Waals surface area contributed by atoms with E-state index in [9.17, 15) is 14.3 Å². The van der Waals surface area contributed by atoms with Gasteiger partial charge in [0.15, 0.2) is 5.78 Å². The van der Waals surface area contributed by atoms with E-state index in [1.54, 1.807) is 12.3 Å². The van der Waals surface area contributed by atoms with Gasteiger partial charge in [-0.2, -0.15) is 0 Å². The molecule has 1 aromatic heterocycles. The Kier molecular flexibility index (Phi) is 9.57. The van der Waals surface area contributed by atoms with Crippen LogP contribution in [0.1, 0.15) is 52.7 Å². The average molecular weight is 677 g/mol. The van der Waals surface area contributed by atoms with Crippen molar-refractivity contribution in [3.05, 3.63) is 89.6 Å². The van der Waals surface area contributed by atoms with Crippen molar-refractivity contribution >= 4 is 27.3 Å². The van der Waals surface area contributed by atoms with E-state index in [1.165, 1.54) is 11.6 Å². The predicted molar refractivity (Wildman–Crippen MR) is 148 cm³/mol. The monoisotopic (exact) mass is 677 g/mol. The Labute approximate surface area is 233 Å². The molecule has 0 unspecified atom stereocenters. The molecule has 197 valence electrons. The standard InChI is InChI=1S/C21H15FN.C11H20O2.Ir/c1-13-9-14(2)11-16(10-13)21-20-15(7-8-23-21)12-19(22)17-5-3-4-6-18(17)20;1-10(2,3)8(12)7-9(13)11(4,5)6;/h3-10,12H,1-2H3;7,12H,1-6H3;/q-1;;/b;8-7-;. The zero-order chi connectivity index (χ0) is 26.8. The van der Waals surface area contributed by atoms with Gasteiger partial charge in [-0.3, -0.25) is 4.79 Å². The van der Waals surface area contributed by atoms with E-state index in [2.05, 4.69) is 30.1 Å². The van der Waals surface area contributed by atoms with E-state index < -0.39 is 5.41 Å². The molecule has 0 aliphatic carbocycles. The number of carbonyl (C=O) groups excluding carboxylic acids is 1. The molecule has 1 heterocycles. The number of allylic oxidation sites excluding steroid dienone is 2. The van der Waals surface area contributed by atoms with Crippen LogP contribution < -0.4 is 0 Å². The van der Waals surface area contributed by atoms with Crippen molar-refractivity contribution in [3.8, 4) is 11.3 Å². The van der Waals surface area contributed by atoms with Crippen LogP contribution >= 0.6 is 0 Å². The van der Waals surface area contributed by atoms with Crippen molar-refractivity contribution in [3.63, 3.8) is 0 Å². The van der Waals surface area contributed by atoms with Crippen LogP contribution in [0.5, 0.6) is 0 Å². The molecule has 0 saturated heterocycles. The zero-order valence-electron chi connectivity index (χ0n) is 22.8. The maximum Gasteiger partial charge on any atom is 0.164 e. The molecule has 0 aliphatic heterocycles. The molecule has 3 nitrogen and oxygen atoms in total. The van der Waals surface area contributed by atoms with Gasteiger partial charge in [-0.1, -0.05) is 79.7 Å². The van der Waals surface area contributed by atoms with Gasteiger partial charge in [0, 0.05) is 48.6 Å². The molecule has 0 atom stereocenters. The predicted octanol–water partition coefficient (Wildman–Crippen LogP) is 8.70. The van der Waals surface area contributed by atoms with E-state index in [0.717, 1.165) is 33.0 Å². The molecule has 4 aromatic rings. The number of carbonyl (C=O) groups is 1. The Morgan fingerprint density at radius 1 is 0.946 bits per heavy atom. The number of aliphatic hydroxyl groups excluding tert-OH is 1.